The molecule has 1 amide bonds. The summed E-state index contributed by atoms with van der Waals surface area (Å²) in [5.74, 6) is 0.708. The maximum Gasteiger partial charge on any atom is 0.254 e. The molecule has 2 aromatic rings. The van der Waals surface area contributed by atoms with Gasteiger partial charge in [-0.25, -0.2) is 4.98 Å². The highest BCUT2D eigenvalue weighted by molar-refractivity contribution is 5.98. The molecule has 1 aromatic carbocycles. The van der Waals surface area contributed by atoms with Crippen LogP contribution < -0.4 is 22.1 Å². The Morgan fingerprint density at radius 3 is 2.72 bits per heavy atom. The van der Waals surface area contributed by atoms with Crippen molar-refractivity contribution in [2.24, 2.45) is 17.4 Å². The molecule has 0 aliphatic heterocycles. The fourth-order valence-electron chi connectivity index (χ4n) is 2.51. The lowest BCUT2D eigenvalue weighted by Gasteiger charge is -2.16. The van der Waals surface area contributed by atoms with Gasteiger partial charge in [0.2, 0.25) is 5.95 Å². The molecule has 0 spiro atoms. The molecular formula is C18H26N6O. The number of primary amides is 1. The third-order valence-corrected chi connectivity index (χ3v) is 3.63. The number of benzene rings is 1. The molecule has 1 aromatic heterocycles. The molecule has 0 saturated heterocycles. The summed E-state index contributed by atoms with van der Waals surface area (Å²) in [4.78, 5) is 20.2. The third kappa shape index (κ3) is 5.72. The maximum atomic E-state index is 11.6. The zero-order valence-corrected chi connectivity index (χ0v) is 14.9. The monoisotopic (exact) mass is 342 g/mol. The second-order valence-corrected chi connectivity index (χ2v) is 6.59. The summed E-state index contributed by atoms with van der Waals surface area (Å²) in [5.41, 5.74) is 13.6. The summed E-state index contributed by atoms with van der Waals surface area (Å²) < 4.78 is 0. The van der Waals surface area contributed by atoms with E-state index in [4.69, 9.17) is 11.5 Å². The topological polar surface area (TPSA) is 119 Å². The Morgan fingerprint density at radius 1 is 1.32 bits per heavy atom. The fraction of sp³-hybridized carbons (Fsp3) is 0.389. The number of carbonyl (C=O) groups excluding carboxylic acids is 1. The van der Waals surface area contributed by atoms with Crippen LogP contribution in [0.1, 0.15) is 36.2 Å². The van der Waals surface area contributed by atoms with Gasteiger partial charge in [0.05, 0.1) is 0 Å². The van der Waals surface area contributed by atoms with Crippen LogP contribution in [0.2, 0.25) is 0 Å². The number of anilines is 3. The molecule has 0 saturated carbocycles. The van der Waals surface area contributed by atoms with Crippen LogP contribution in [0.15, 0.2) is 30.5 Å². The summed E-state index contributed by atoms with van der Waals surface area (Å²) in [7, 11) is 0. The van der Waals surface area contributed by atoms with E-state index in [-0.39, 0.29) is 11.6 Å². The molecule has 0 unspecified atom stereocenters. The van der Waals surface area contributed by atoms with E-state index in [1.807, 2.05) is 31.2 Å². The lowest BCUT2D eigenvalue weighted by molar-refractivity contribution is 0.100. The molecule has 7 nitrogen and oxygen atoms in total. The van der Waals surface area contributed by atoms with Crippen molar-refractivity contribution in [3.63, 3.8) is 0 Å². The first-order chi connectivity index (χ1) is 11.8. The van der Waals surface area contributed by atoms with Gasteiger partial charge >= 0.3 is 0 Å². The number of rotatable bonds is 8. The van der Waals surface area contributed by atoms with Gasteiger partial charge in [-0.05, 0) is 37.0 Å². The van der Waals surface area contributed by atoms with E-state index in [2.05, 4.69) is 34.4 Å². The first-order valence-electron chi connectivity index (χ1n) is 8.35. The van der Waals surface area contributed by atoms with Crippen molar-refractivity contribution >= 4 is 23.4 Å². The van der Waals surface area contributed by atoms with Crippen molar-refractivity contribution in [2.45, 2.75) is 33.2 Å². The minimum absolute atomic E-state index is 0.00704. The van der Waals surface area contributed by atoms with Gasteiger partial charge in [-0.15, -0.1) is 0 Å². The van der Waals surface area contributed by atoms with Gasteiger partial charge < -0.3 is 22.1 Å². The fourth-order valence-corrected chi connectivity index (χ4v) is 2.51. The zero-order chi connectivity index (χ0) is 18.4. The number of amides is 1. The van der Waals surface area contributed by atoms with Gasteiger partial charge in [0.15, 0.2) is 0 Å². The van der Waals surface area contributed by atoms with Gasteiger partial charge in [-0.2, -0.15) is 4.98 Å². The van der Waals surface area contributed by atoms with E-state index in [1.54, 1.807) is 0 Å². The molecule has 1 heterocycles. The van der Waals surface area contributed by atoms with E-state index in [0.717, 1.165) is 17.7 Å². The minimum atomic E-state index is -0.585. The molecule has 0 fully saturated rings. The average molecular weight is 342 g/mol. The number of aromatic nitrogens is 2. The summed E-state index contributed by atoms with van der Waals surface area (Å²) in [6.45, 7) is 6.80. The van der Waals surface area contributed by atoms with Crippen LogP contribution in [0.25, 0.3) is 0 Å². The molecule has 0 aliphatic rings. The van der Waals surface area contributed by atoms with Crippen molar-refractivity contribution in [3.05, 3.63) is 41.6 Å². The van der Waals surface area contributed by atoms with Crippen molar-refractivity contribution in [2.75, 3.05) is 17.2 Å². The number of hydrogen-bond donors (Lipinski definition) is 4. The van der Waals surface area contributed by atoms with E-state index < -0.39 is 5.91 Å². The molecular weight excluding hydrogens is 316 g/mol. The smallest absolute Gasteiger partial charge is 0.254 e. The van der Waals surface area contributed by atoms with Crippen LogP contribution >= 0.6 is 0 Å². The summed E-state index contributed by atoms with van der Waals surface area (Å²) in [6, 6.07) is 7.77. The highest BCUT2D eigenvalue weighted by atomic mass is 16.1. The summed E-state index contributed by atoms with van der Waals surface area (Å²) >= 11 is 0. The summed E-state index contributed by atoms with van der Waals surface area (Å²) in [6.07, 6.45) is 2.32. The largest absolute Gasteiger partial charge is 0.365 e. The van der Waals surface area contributed by atoms with Gasteiger partial charge in [-0.1, -0.05) is 26.0 Å². The van der Waals surface area contributed by atoms with Crippen molar-refractivity contribution in [3.8, 4) is 0 Å². The summed E-state index contributed by atoms with van der Waals surface area (Å²) in [5, 5.41) is 6.25. The van der Waals surface area contributed by atoms with Crippen molar-refractivity contribution in [1.29, 1.82) is 0 Å². The number of nitrogens with zero attached hydrogens (tertiary/aromatic N) is 2. The van der Waals surface area contributed by atoms with Crippen LogP contribution in [0.5, 0.6) is 0 Å². The lowest BCUT2D eigenvalue weighted by atomic mass is 10.0. The van der Waals surface area contributed by atoms with Crippen LogP contribution in [-0.4, -0.2) is 28.5 Å². The minimum Gasteiger partial charge on any atom is -0.365 e. The van der Waals surface area contributed by atoms with Crippen LogP contribution in [0, 0.1) is 12.8 Å². The van der Waals surface area contributed by atoms with Crippen LogP contribution in [-0.2, 0) is 0 Å². The lowest BCUT2D eigenvalue weighted by Crippen LogP contribution is -2.31. The van der Waals surface area contributed by atoms with Crippen molar-refractivity contribution in [1.82, 2.24) is 9.97 Å². The van der Waals surface area contributed by atoms with E-state index in [1.165, 1.54) is 6.20 Å². The Kier molecular flexibility index (Phi) is 6.30. The third-order valence-electron chi connectivity index (χ3n) is 3.63. The zero-order valence-electron chi connectivity index (χ0n) is 14.9. The second kappa shape index (κ2) is 8.43. The molecule has 7 heteroatoms. The molecule has 2 rings (SSSR count). The number of aryl methyl sites for hydroxylation is 1. The number of carbonyl (C=O) groups is 1. The number of nitrogens with one attached hydrogen (secondary N) is 2. The van der Waals surface area contributed by atoms with E-state index in [0.29, 0.717) is 24.2 Å². The average Bonchev–Trinajstić information content (AvgIpc) is 2.52. The van der Waals surface area contributed by atoms with Crippen LogP contribution in [0.3, 0.4) is 0 Å². The van der Waals surface area contributed by atoms with E-state index >= 15 is 0 Å². The van der Waals surface area contributed by atoms with Crippen molar-refractivity contribution < 1.29 is 4.79 Å². The molecule has 6 N–H and O–H groups in total. The van der Waals surface area contributed by atoms with Crippen LogP contribution in [0.4, 0.5) is 17.5 Å². The molecule has 25 heavy (non-hydrogen) atoms. The highest BCUT2D eigenvalue weighted by Crippen LogP contribution is 2.20. The molecule has 0 bridgehead atoms. The Balaban J connectivity index is 2.17. The normalized spacial score (nSPS) is 12.0. The first-order valence-corrected chi connectivity index (χ1v) is 8.35. The second-order valence-electron chi connectivity index (χ2n) is 6.59. The van der Waals surface area contributed by atoms with Gasteiger partial charge in [0.25, 0.3) is 5.91 Å². The molecule has 134 valence electrons. The van der Waals surface area contributed by atoms with Gasteiger partial charge in [0.1, 0.15) is 11.4 Å². The SMILES string of the molecule is Cc1cccc(Nc2nc(NC[C@@H](N)CC(C)C)ncc2C(N)=O)c1. The maximum absolute atomic E-state index is 11.6. The van der Waals surface area contributed by atoms with Gasteiger partial charge in [-0.3, -0.25) is 4.79 Å². The predicted molar refractivity (Wildman–Crippen MR) is 101 cm³/mol. The number of nitrogens with two attached hydrogens (primary N) is 2. The first kappa shape index (κ1) is 18.7. The quantitative estimate of drug-likeness (QED) is 0.585. The molecule has 0 radical (unpaired) electrons. The molecule has 0 aliphatic carbocycles. The Bertz CT molecular complexity index is 731. The number of hydrogen-bond acceptors (Lipinski definition) is 6. The standard InChI is InChI=1S/C18H26N6O/c1-11(2)7-13(19)9-21-18-22-10-15(16(20)25)17(24-18)23-14-6-4-5-12(3)8-14/h4-6,8,10-11,13H,7,9,19H2,1-3H3,(H2,20,25)(H2,21,22,23,24)/t13-/m0/s1. The van der Waals surface area contributed by atoms with Gasteiger partial charge in [0, 0.05) is 24.5 Å². The highest BCUT2D eigenvalue weighted by Gasteiger charge is 2.13. The Hall–Kier alpha value is -2.67. The Labute approximate surface area is 148 Å². The predicted octanol–water partition coefficient (Wildman–Crippen LogP) is 2.41. The Morgan fingerprint density at radius 2 is 2.08 bits per heavy atom. The van der Waals surface area contributed by atoms with E-state index in [9.17, 15) is 4.79 Å². The molecule has 1 atom stereocenters.